The van der Waals surface area contributed by atoms with E-state index >= 15 is 0 Å². The molecule has 1 aromatic heterocycles. The van der Waals surface area contributed by atoms with E-state index in [4.69, 9.17) is 17.5 Å². The van der Waals surface area contributed by atoms with Gasteiger partial charge in [0.05, 0.1) is 11.6 Å². The van der Waals surface area contributed by atoms with E-state index in [1.165, 1.54) is 0 Å². The SMILES string of the molecule is CCc1c(C#N)cc[nH]c1=S. The maximum atomic E-state index is 8.66. The lowest BCUT2D eigenvalue weighted by Gasteiger charge is -1.97. The predicted octanol–water partition coefficient (Wildman–Crippen LogP) is 2.18. The van der Waals surface area contributed by atoms with Crippen molar-refractivity contribution in [2.45, 2.75) is 13.3 Å². The van der Waals surface area contributed by atoms with Gasteiger partial charge >= 0.3 is 0 Å². The molecule has 1 heterocycles. The Morgan fingerprint density at radius 1 is 1.73 bits per heavy atom. The number of nitrogens with zero attached hydrogens (tertiary/aromatic N) is 1. The van der Waals surface area contributed by atoms with Crippen LogP contribution in [0.25, 0.3) is 0 Å². The van der Waals surface area contributed by atoms with Crippen LogP contribution in [0.5, 0.6) is 0 Å². The lowest BCUT2D eigenvalue weighted by Crippen LogP contribution is -1.90. The van der Waals surface area contributed by atoms with Gasteiger partial charge in [0.25, 0.3) is 0 Å². The van der Waals surface area contributed by atoms with Crippen LogP contribution in [0, 0.1) is 16.0 Å². The van der Waals surface area contributed by atoms with Crippen molar-refractivity contribution in [2.24, 2.45) is 0 Å². The smallest absolute Gasteiger partial charge is 0.107 e. The molecule has 0 saturated carbocycles. The molecular weight excluding hydrogens is 156 g/mol. The van der Waals surface area contributed by atoms with Crippen LogP contribution < -0.4 is 0 Å². The second-order valence-corrected chi connectivity index (χ2v) is 2.57. The summed E-state index contributed by atoms with van der Waals surface area (Å²) in [5.74, 6) is 0. The second kappa shape index (κ2) is 3.31. The largest absolute Gasteiger partial charge is 0.353 e. The molecule has 0 aromatic carbocycles. The van der Waals surface area contributed by atoms with Gasteiger partial charge in [-0.25, -0.2) is 0 Å². The van der Waals surface area contributed by atoms with Gasteiger partial charge in [0.1, 0.15) is 4.64 Å². The van der Waals surface area contributed by atoms with Crippen molar-refractivity contribution in [3.05, 3.63) is 28.0 Å². The van der Waals surface area contributed by atoms with Crippen LogP contribution in [-0.2, 0) is 6.42 Å². The predicted molar refractivity (Wildman–Crippen MR) is 45.7 cm³/mol. The number of nitrogens with one attached hydrogen (secondary N) is 1. The second-order valence-electron chi connectivity index (χ2n) is 2.16. The van der Waals surface area contributed by atoms with E-state index < -0.39 is 0 Å². The summed E-state index contributed by atoms with van der Waals surface area (Å²) in [6.45, 7) is 1.99. The minimum Gasteiger partial charge on any atom is -0.353 e. The van der Waals surface area contributed by atoms with Crippen LogP contribution in [0.4, 0.5) is 0 Å². The first-order valence-electron chi connectivity index (χ1n) is 3.40. The van der Waals surface area contributed by atoms with E-state index in [-0.39, 0.29) is 0 Å². The molecule has 1 rings (SSSR count). The molecule has 0 bridgehead atoms. The standard InChI is InChI=1S/C8H8N2S/c1-2-7-6(5-9)3-4-10-8(7)11/h3-4H,2H2,1H3,(H,10,11). The Morgan fingerprint density at radius 3 is 2.91 bits per heavy atom. The summed E-state index contributed by atoms with van der Waals surface area (Å²) in [6.07, 6.45) is 2.50. The van der Waals surface area contributed by atoms with Crippen LogP contribution >= 0.6 is 12.2 Å². The quantitative estimate of drug-likeness (QED) is 0.646. The number of hydrogen-bond acceptors (Lipinski definition) is 2. The Kier molecular flexibility index (Phi) is 2.40. The van der Waals surface area contributed by atoms with Gasteiger partial charge < -0.3 is 4.98 Å². The number of aromatic amines is 1. The van der Waals surface area contributed by atoms with Crippen LogP contribution in [-0.4, -0.2) is 4.98 Å². The Balaban J connectivity index is 3.39. The maximum absolute atomic E-state index is 8.66. The summed E-state index contributed by atoms with van der Waals surface area (Å²) in [6, 6.07) is 3.85. The molecule has 0 fully saturated rings. The molecule has 0 aliphatic carbocycles. The molecule has 0 atom stereocenters. The van der Waals surface area contributed by atoms with Gasteiger partial charge in [0, 0.05) is 11.8 Å². The minimum absolute atomic E-state index is 0.673. The van der Waals surface area contributed by atoms with Crippen molar-refractivity contribution in [2.75, 3.05) is 0 Å². The number of H-pyrrole nitrogens is 1. The van der Waals surface area contributed by atoms with Crippen molar-refractivity contribution >= 4 is 12.2 Å². The molecule has 1 aromatic rings. The number of nitriles is 1. The highest BCUT2D eigenvalue weighted by Crippen LogP contribution is 2.07. The zero-order valence-electron chi connectivity index (χ0n) is 6.22. The van der Waals surface area contributed by atoms with Gasteiger partial charge in [0.15, 0.2) is 0 Å². The van der Waals surface area contributed by atoms with E-state index in [1.54, 1.807) is 12.3 Å². The van der Waals surface area contributed by atoms with Gasteiger partial charge in [-0.3, -0.25) is 0 Å². The monoisotopic (exact) mass is 164 g/mol. The highest BCUT2D eigenvalue weighted by Gasteiger charge is 1.99. The highest BCUT2D eigenvalue weighted by atomic mass is 32.1. The summed E-state index contributed by atoms with van der Waals surface area (Å²) >= 11 is 5.00. The summed E-state index contributed by atoms with van der Waals surface area (Å²) in [7, 11) is 0. The Hall–Kier alpha value is -1.14. The molecule has 56 valence electrons. The number of pyridine rings is 1. The maximum Gasteiger partial charge on any atom is 0.107 e. The molecule has 3 heteroatoms. The van der Waals surface area contributed by atoms with Crippen molar-refractivity contribution < 1.29 is 0 Å². The van der Waals surface area contributed by atoms with Gasteiger partial charge in [-0.15, -0.1) is 0 Å². The van der Waals surface area contributed by atoms with Crippen LogP contribution in [0.15, 0.2) is 12.3 Å². The zero-order valence-corrected chi connectivity index (χ0v) is 7.03. The fraction of sp³-hybridized carbons (Fsp3) is 0.250. The van der Waals surface area contributed by atoms with E-state index in [0.717, 1.165) is 12.0 Å². The molecule has 0 aliphatic heterocycles. The number of aromatic nitrogens is 1. The van der Waals surface area contributed by atoms with Crippen LogP contribution in [0.2, 0.25) is 0 Å². The summed E-state index contributed by atoms with van der Waals surface area (Å²) in [5, 5.41) is 8.66. The molecule has 0 saturated heterocycles. The molecule has 0 unspecified atom stereocenters. The third kappa shape index (κ3) is 1.47. The first kappa shape index (κ1) is 7.96. The average molecular weight is 164 g/mol. The molecular formula is C8H8N2S. The molecule has 0 amide bonds. The van der Waals surface area contributed by atoms with Gasteiger partial charge in [-0.1, -0.05) is 19.1 Å². The Bertz CT molecular complexity index is 346. The fourth-order valence-electron chi connectivity index (χ4n) is 0.966. The van der Waals surface area contributed by atoms with E-state index in [1.807, 2.05) is 6.92 Å². The molecule has 0 radical (unpaired) electrons. The number of hydrogen-bond donors (Lipinski definition) is 1. The summed E-state index contributed by atoms with van der Waals surface area (Å²) in [4.78, 5) is 2.89. The van der Waals surface area contributed by atoms with Gasteiger partial charge in [0.2, 0.25) is 0 Å². The highest BCUT2D eigenvalue weighted by molar-refractivity contribution is 7.71. The lowest BCUT2D eigenvalue weighted by atomic mass is 10.1. The molecule has 0 aliphatic rings. The number of rotatable bonds is 1. The van der Waals surface area contributed by atoms with E-state index in [9.17, 15) is 0 Å². The Labute approximate surface area is 70.5 Å². The van der Waals surface area contributed by atoms with Crippen molar-refractivity contribution in [1.82, 2.24) is 4.98 Å². The Morgan fingerprint density at radius 2 is 2.45 bits per heavy atom. The minimum atomic E-state index is 0.673. The first-order valence-corrected chi connectivity index (χ1v) is 3.81. The van der Waals surface area contributed by atoms with Crippen LogP contribution in [0.1, 0.15) is 18.1 Å². The third-order valence-corrected chi connectivity index (χ3v) is 1.90. The van der Waals surface area contributed by atoms with Crippen molar-refractivity contribution in [1.29, 1.82) is 5.26 Å². The molecule has 1 N–H and O–H groups in total. The van der Waals surface area contributed by atoms with Gasteiger partial charge in [-0.05, 0) is 12.5 Å². The first-order chi connectivity index (χ1) is 5.29. The van der Waals surface area contributed by atoms with Crippen LogP contribution in [0.3, 0.4) is 0 Å². The summed E-state index contributed by atoms with van der Waals surface area (Å²) < 4.78 is 0.673. The topological polar surface area (TPSA) is 39.6 Å². The average Bonchev–Trinajstić information content (AvgIpc) is 2.04. The third-order valence-electron chi connectivity index (χ3n) is 1.54. The van der Waals surface area contributed by atoms with Gasteiger partial charge in [-0.2, -0.15) is 5.26 Å². The molecule has 11 heavy (non-hydrogen) atoms. The summed E-state index contributed by atoms with van der Waals surface area (Å²) in [5.41, 5.74) is 1.61. The zero-order chi connectivity index (χ0) is 8.27. The van der Waals surface area contributed by atoms with Crippen molar-refractivity contribution in [3.8, 4) is 6.07 Å². The normalized spacial score (nSPS) is 9.09. The van der Waals surface area contributed by atoms with E-state index in [2.05, 4.69) is 11.1 Å². The molecule has 2 nitrogen and oxygen atoms in total. The van der Waals surface area contributed by atoms with E-state index in [0.29, 0.717) is 10.2 Å². The molecule has 0 spiro atoms. The fourth-order valence-corrected chi connectivity index (χ4v) is 1.29. The lowest BCUT2D eigenvalue weighted by molar-refractivity contribution is 1.08. The van der Waals surface area contributed by atoms with Crippen molar-refractivity contribution in [3.63, 3.8) is 0 Å².